The molecule has 0 aliphatic carbocycles. The molecule has 4 nitrogen and oxygen atoms in total. The lowest BCUT2D eigenvalue weighted by molar-refractivity contribution is -0.141. The zero-order valence-corrected chi connectivity index (χ0v) is 13.1. The van der Waals surface area contributed by atoms with Gasteiger partial charge in [0.1, 0.15) is 17.0 Å². The van der Waals surface area contributed by atoms with E-state index in [1.807, 2.05) is 0 Å². The van der Waals surface area contributed by atoms with E-state index in [9.17, 15) is 17.6 Å². The molecule has 3 aromatic rings. The molecule has 0 atom stereocenters. The number of alkyl halides is 3. The van der Waals surface area contributed by atoms with E-state index in [0.29, 0.717) is 4.47 Å². The lowest BCUT2D eigenvalue weighted by atomic mass is 10.1. The van der Waals surface area contributed by atoms with Crippen molar-refractivity contribution in [3.05, 3.63) is 46.6 Å². The van der Waals surface area contributed by atoms with E-state index in [2.05, 4.69) is 26.0 Å². The highest BCUT2D eigenvalue weighted by molar-refractivity contribution is 9.10. The molecule has 0 amide bonds. The van der Waals surface area contributed by atoms with Crippen molar-refractivity contribution in [3.63, 3.8) is 0 Å². The summed E-state index contributed by atoms with van der Waals surface area (Å²) in [5.41, 5.74) is -1.65. The van der Waals surface area contributed by atoms with E-state index in [1.165, 1.54) is 23.1 Å². The van der Waals surface area contributed by atoms with E-state index in [-0.39, 0.29) is 16.9 Å². The highest BCUT2D eigenvalue weighted by Gasteiger charge is 2.34. The van der Waals surface area contributed by atoms with Crippen LogP contribution in [0.25, 0.3) is 10.9 Å². The fourth-order valence-corrected chi connectivity index (χ4v) is 2.46. The summed E-state index contributed by atoms with van der Waals surface area (Å²) in [5.74, 6) is -0.805. The van der Waals surface area contributed by atoms with Crippen molar-refractivity contribution in [1.82, 2.24) is 14.8 Å². The number of hydrogen-bond donors (Lipinski definition) is 0. The summed E-state index contributed by atoms with van der Waals surface area (Å²) >= 11 is 3.10. The number of pyridine rings is 1. The fourth-order valence-electron chi connectivity index (χ4n) is 2.03. The molecule has 0 fully saturated rings. The van der Waals surface area contributed by atoms with E-state index in [1.54, 1.807) is 7.05 Å². The van der Waals surface area contributed by atoms with E-state index >= 15 is 0 Å². The van der Waals surface area contributed by atoms with Gasteiger partial charge in [-0.25, -0.2) is 9.37 Å². The first-order valence-electron chi connectivity index (χ1n) is 6.27. The predicted octanol–water partition coefficient (Wildman–Crippen LogP) is 4.68. The number of nitrogens with zero attached hydrogens (tertiary/aromatic N) is 3. The third-order valence-corrected chi connectivity index (χ3v) is 3.45. The van der Waals surface area contributed by atoms with Gasteiger partial charge in [-0.15, -0.1) is 0 Å². The van der Waals surface area contributed by atoms with Crippen LogP contribution in [0.4, 0.5) is 17.6 Å². The molecule has 0 aliphatic rings. The van der Waals surface area contributed by atoms with Crippen LogP contribution >= 0.6 is 15.9 Å². The van der Waals surface area contributed by atoms with Crippen LogP contribution in [0.15, 0.2) is 35.1 Å². The summed E-state index contributed by atoms with van der Waals surface area (Å²) in [6.07, 6.45) is -1.90. The van der Waals surface area contributed by atoms with Gasteiger partial charge in [-0.3, -0.25) is 4.68 Å². The van der Waals surface area contributed by atoms with E-state index in [4.69, 9.17) is 4.74 Å². The summed E-state index contributed by atoms with van der Waals surface area (Å²) in [6, 6.07) is 3.22. The molecule has 0 radical (unpaired) electrons. The smallest absolute Gasteiger partial charge is 0.433 e. The highest BCUT2D eigenvalue weighted by Crippen LogP contribution is 2.37. The van der Waals surface area contributed by atoms with Gasteiger partial charge in [0.05, 0.1) is 12.4 Å². The van der Waals surface area contributed by atoms with Crippen LogP contribution in [0, 0.1) is 5.82 Å². The molecule has 0 saturated heterocycles. The molecule has 3 rings (SSSR count). The molecule has 23 heavy (non-hydrogen) atoms. The van der Waals surface area contributed by atoms with Crippen LogP contribution in [0.2, 0.25) is 0 Å². The van der Waals surface area contributed by atoms with Crippen molar-refractivity contribution in [2.24, 2.45) is 7.05 Å². The van der Waals surface area contributed by atoms with Crippen molar-refractivity contribution < 1.29 is 22.3 Å². The Morgan fingerprint density at radius 2 is 1.96 bits per heavy atom. The SMILES string of the molecule is Cn1cc(Oc2cc(C(F)(F)F)nc3c(F)cc(Br)cc23)cn1. The lowest BCUT2D eigenvalue weighted by Crippen LogP contribution is -2.09. The van der Waals surface area contributed by atoms with Crippen molar-refractivity contribution in [1.29, 1.82) is 0 Å². The van der Waals surface area contributed by atoms with Crippen molar-refractivity contribution in [2.45, 2.75) is 6.18 Å². The number of aromatic nitrogens is 3. The number of benzene rings is 1. The monoisotopic (exact) mass is 389 g/mol. The van der Waals surface area contributed by atoms with Crippen LogP contribution in [-0.2, 0) is 13.2 Å². The van der Waals surface area contributed by atoms with Crippen molar-refractivity contribution >= 4 is 26.8 Å². The third-order valence-electron chi connectivity index (χ3n) is 2.99. The minimum Gasteiger partial charge on any atom is -0.453 e. The van der Waals surface area contributed by atoms with Gasteiger partial charge >= 0.3 is 6.18 Å². The molecule has 120 valence electrons. The standard InChI is InChI=1S/C14H8BrF4N3O/c1-22-6-8(5-20-22)23-11-4-12(14(17,18)19)21-13-9(11)2-7(15)3-10(13)16/h2-6H,1H3. The minimum atomic E-state index is -4.72. The summed E-state index contributed by atoms with van der Waals surface area (Å²) in [4.78, 5) is 3.37. The molecule has 1 aromatic carbocycles. The van der Waals surface area contributed by atoms with Crippen LogP contribution in [0.3, 0.4) is 0 Å². The Morgan fingerprint density at radius 3 is 2.57 bits per heavy atom. The normalized spacial score (nSPS) is 11.9. The topological polar surface area (TPSA) is 39.9 Å². The van der Waals surface area contributed by atoms with Crippen LogP contribution in [0.1, 0.15) is 5.69 Å². The molecule has 0 unspecified atom stereocenters. The molecule has 0 N–H and O–H groups in total. The number of halogens is 5. The molecule has 2 heterocycles. The van der Waals surface area contributed by atoms with Gasteiger partial charge in [0.25, 0.3) is 0 Å². The molecule has 0 saturated carbocycles. The summed E-state index contributed by atoms with van der Waals surface area (Å²) in [5, 5.41) is 3.99. The van der Waals surface area contributed by atoms with Gasteiger partial charge in [0.2, 0.25) is 0 Å². The quantitative estimate of drug-likeness (QED) is 0.597. The number of ether oxygens (including phenoxy) is 1. The predicted molar refractivity (Wildman–Crippen MR) is 77.7 cm³/mol. The molecular weight excluding hydrogens is 382 g/mol. The Morgan fingerprint density at radius 1 is 1.22 bits per heavy atom. The van der Waals surface area contributed by atoms with Gasteiger partial charge in [0, 0.05) is 23.0 Å². The largest absolute Gasteiger partial charge is 0.453 e. The number of hydrogen-bond acceptors (Lipinski definition) is 3. The van der Waals surface area contributed by atoms with Gasteiger partial charge < -0.3 is 4.74 Å². The zero-order chi connectivity index (χ0) is 16.8. The second-order valence-corrected chi connectivity index (χ2v) is 5.65. The second-order valence-electron chi connectivity index (χ2n) is 4.74. The second kappa shape index (κ2) is 5.48. The van der Waals surface area contributed by atoms with Crippen LogP contribution < -0.4 is 4.74 Å². The Kier molecular flexibility index (Phi) is 3.75. The Bertz CT molecular complexity index is 892. The first kappa shape index (κ1) is 15.7. The van der Waals surface area contributed by atoms with Crippen molar-refractivity contribution in [2.75, 3.05) is 0 Å². The number of aryl methyl sites for hydroxylation is 1. The molecular formula is C14H8BrF4N3O. The van der Waals surface area contributed by atoms with Crippen LogP contribution in [0.5, 0.6) is 11.5 Å². The minimum absolute atomic E-state index is 0.119. The first-order chi connectivity index (χ1) is 10.7. The average Bonchev–Trinajstić information content (AvgIpc) is 2.83. The Labute approximate surface area is 135 Å². The Hall–Kier alpha value is -2.16. The molecule has 2 aromatic heterocycles. The molecule has 0 spiro atoms. The summed E-state index contributed by atoms with van der Waals surface area (Å²) in [6.45, 7) is 0. The number of rotatable bonds is 2. The van der Waals surface area contributed by atoms with E-state index < -0.39 is 23.2 Å². The number of fused-ring (bicyclic) bond motifs is 1. The van der Waals surface area contributed by atoms with Gasteiger partial charge in [-0.2, -0.15) is 18.3 Å². The molecule has 0 aliphatic heterocycles. The zero-order valence-electron chi connectivity index (χ0n) is 11.5. The summed E-state index contributed by atoms with van der Waals surface area (Å²) < 4.78 is 60.2. The maximum atomic E-state index is 14.0. The third kappa shape index (κ3) is 3.14. The van der Waals surface area contributed by atoms with E-state index in [0.717, 1.165) is 12.1 Å². The average molecular weight is 390 g/mol. The van der Waals surface area contributed by atoms with Crippen molar-refractivity contribution in [3.8, 4) is 11.5 Å². The Balaban J connectivity index is 2.24. The van der Waals surface area contributed by atoms with Gasteiger partial charge in [0.15, 0.2) is 11.6 Å². The maximum absolute atomic E-state index is 14.0. The highest BCUT2D eigenvalue weighted by atomic mass is 79.9. The van der Waals surface area contributed by atoms with Gasteiger partial charge in [-0.05, 0) is 12.1 Å². The first-order valence-corrected chi connectivity index (χ1v) is 7.07. The van der Waals surface area contributed by atoms with Gasteiger partial charge in [-0.1, -0.05) is 15.9 Å². The lowest BCUT2D eigenvalue weighted by Gasteiger charge is -2.12. The fraction of sp³-hybridized carbons (Fsp3) is 0.143. The molecule has 9 heteroatoms. The van der Waals surface area contributed by atoms with Crippen LogP contribution in [-0.4, -0.2) is 14.8 Å². The summed E-state index contributed by atoms with van der Waals surface area (Å²) in [7, 11) is 1.63. The maximum Gasteiger partial charge on any atom is 0.433 e. The molecule has 0 bridgehead atoms.